The van der Waals surface area contributed by atoms with Gasteiger partial charge in [-0.05, 0) is 43.0 Å². The maximum absolute atomic E-state index is 13.3. The molecule has 1 fully saturated rings. The average molecular weight is 388 g/mol. The smallest absolute Gasteiger partial charge is 0.230 e. The third-order valence-corrected chi connectivity index (χ3v) is 5.65. The average Bonchev–Trinajstić information content (AvgIpc) is 3.31. The summed E-state index contributed by atoms with van der Waals surface area (Å²) in [6, 6.07) is 4.80. The summed E-state index contributed by atoms with van der Waals surface area (Å²) in [5, 5.41) is 7.70. The zero-order chi connectivity index (χ0) is 20.1. The number of amides is 1. The Bertz CT molecular complexity index is 852. The maximum Gasteiger partial charge on any atom is 0.230 e. The van der Waals surface area contributed by atoms with E-state index in [2.05, 4.69) is 20.6 Å². The molecule has 0 unspecified atom stereocenters. The number of carbonyl (C=O) groups excluding carboxylic acids is 1. The van der Waals surface area contributed by atoms with Gasteiger partial charge < -0.3 is 20.5 Å². The van der Waals surface area contributed by atoms with Crippen molar-refractivity contribution in [2.75, 3.05) is 34.2 Å². The Morgan fingerprint density at radius 1 is 1.29 bits per heavy atom. The van der Waals surface area contributed by atoms with Crippen molar-refractivity contribution in [3.8, 4) is 0 Å². The number of nitrogens with zero attached hydrogens (tertiary/aromatic N) is 2. The number of aliphatic imine (C=N–C) groups is 1. The van der Waals surface area contributed by atoms with E-state index < -0.39 is 0 Å². The molecule has 152 valence electrons. The van der Waals surface area contributed by atoms with Gasteiger partial charge in [0.2, 0.25) is 5.91 Å². The third kappa shape index (κ3) is 4.29. The van der Waals surface area contributed by atoms with Gasteiger partial charge in [-0.3, -0.25) is 9.79 Å². The summed E-state index contributed by atoms with van der Waals surface area (Å²) < 4.78 is 13.3. The van der Waals surface area contributed by atoms with E-state index in [0.717, 1.165) is 48.6 Å². The first-order valence-electron chi connectivity index (χ1n) is 9.87. The fourth-order valence-corrected chi connectivity index (χ4v) is 4.15. The number of hydrogen-bond donors (Lipinski definition) is 3. The quantitative estimate of drug-likeness (QED) is 0.527. The highest BCUT2D eigenvalue weighted by molar-refractivity contribution is 5.85. The normalized spacial score (nSPS) is 16.4. The van der Waals surface area contributed by atoms with Crippen LogP contribution in [0.5, 0.6) is 0 Å². The summed E-state index contributed by atoms with van der Waals surface area (Å²) >= 11 is 0. The molecule has 1 aromatic carbocycles. The molecule has 0 saturated heterocycles. The molecule has 28 heavy (non-hydrogen) atoms. The minimum Gasteiger partial charge on any atom is -0.361 e. The maximum atomic E-state index is 13.3. The van der Waals surface area contributed by atoms with Crippen LogP contribution in [0.25, 0.3) is 10.9 Å². The molecule has 0 atom stereocenters. The van der Waals surface area contributed by atoms with E-state index in [1.807, 2.05) is 20.3 Å². The van der Waals surface area contributed by atoms with Crippen molar-refractivity contribution < 1.29 is 9.18 Å². The van der Waals surface area contributed by atoms with E-state index in [9.17, 15) is 9.18 Å². The van der Waals surface area contributed by atoms with Gasteiger partial charge in [0.25, 0.3) is 0 Å². The lowest BCUT2D eigenvalue weighted by molar-refractivity contribution is -0.138. The lowest BCUT2D eigenvalue weighted by atomic mass is 9.84. The van der Waals surface area contributed by atoms with Crippen molar-refractivity contribution in [1.29, 1.82) is 0 Å². The van der Waals surface area contributed by atoms with E-state index in [1.54, 1.807) is 18.0 Å². The summed E-state index contributed by atoms with van der Waals surface area (Å²) in [5.41, 5.74) is 1.61. The van der Waals surface area contributed by atoms with Gasteiger partial charge in [0.1, 0.15) is 5.82 Å². The van der Waals surface area contributed by atoms with Gasteiger partial charge in [0.15, 0.2) is 5.96 Å². The highest BCUT2D eigenvalue weighted by Gasteiger charge is 2.42. The first kappa shape index (κ1) is 20.2. The Morgan fingerprint density at radius 2 is 2.04 bits per heavy atom. The number of hydrogen-bond acceptors (Lipinski definition) is 2. The molecule has 6 nitrogen and oxygen atoms in total. The minimum absolute atomic E-state index is 0.193. The first-order chi connectivity index (χ1) is 13.4. The van der Waals surface area contributed by atoms with Gasteiger partial charge in [-0.1, -0.05) is 12.8 Å². The molecule has 7 heteroatoms. The van der Waals surface area contributed by atoms with Crippen LogP contribution >= 0.6 is 0 Å². The predicted molar refractivity (Wildman–Crippen MR) is 111 cm³/mol. The van der Waals surface area contributed by atoms with Crippen molar-refractivity contribution in [1.82, 2.24) is 20.5 Å². The van der Waals surface area contributed by atoms with Crippen LogP contribution in [-0.4, -0.2) is 56.0 Å². The summed E-state index contributed by atoms with van der Waals surface area (Å²) in [6.45, 7) is 1.29. The zero-order valence-corrected chi connectivity index (χ0v) is 16.9. The topological polar surface area (TPSA) is 72.5 Å². The summed E-state index contributed by atoms with van der Waals surface area (Å²) in [4.78, 5) is 21.8. The number of nitrogens with one attached hydrogen (secondary N) is 3. The molecule has 1 aliphatic rings. The molecule has 1 saturated carbocycles. The Hall–Kier alpha value is -2.57. The zero-order valence-electron chi connectivity index (χ0n) is 16.9. The standard InChI is InChI=1S/C21H30FN5O/c1-23-20(26-14-21(9-4-5-10-21)19(28)27(2)3)24-11-8-15-13-25-18-12-16(22)6-7-17(15)18/h6-7,12-13,25H,4-5,8-11,14H2,1-3H3,(H2,23,24,26). The summed E-state index contributed by atoms with van der Waals surface area (Å²) in [7, 11) is 5.38. The molecule has 0 bridgehead atoms. The van der Waals surface area contributed by atoms with Gasteiger partial charge in [-0.2, -0.15) is 0 Å². The van der Waals surface area contributed by atoms with Crippen molar-refractivity contribution in [3.05, 3.63) is 35.8 Å². The van der Waals surface area contributed by atoms with E-state index in [1.165, 1.54) is 12.1 Å². The van der Waals surface area contributed by atoms with Crippen molar-refractivity contribution >= 4 is 22.8 Å². The number of H-pyrrole nitrogens is 1. The predicted octanol–water partition coefficient (Wildman–Crippen LogP) is 2.66. The molecule has 3 N–H and O–H groups in total. The van der Waals surface area contributed by atoms with Gasteiger partial charge in [0, 0.05) is 51.3 Å². The van der Waals surface area contributed by atoms with Gasteiger partial charge in [-0.15, -0.1) is 0 Å². The number of benzene rings is 1. The molecule has 0 radical (unpaired) electrons. The lowest BCUT2D eigenvalue weighted by Gasteiger charge is -2.31. The number of fused-ring (bicyclic) bond motifs is 1. The summed E-state index contributed by atoms with van der Waals surface area (Å²) in [5.74, 6) is 0.652. The van der Waals surface area contributed by atoms with Crippen LogP contribution < -0.4 is 10.6 Å². The molecular weight excluding hydrogens is 357 g/mol. The van der Waals surface area contributed by atoms with Crippen molar-refractivity contribution in [3.63, 3.8) is 0 Å². The van der Waals surface area contributed by atoms with Gasteiger partial charge >= 0.3 is 0 Å². The monoisotopic (exact) mass is 387 g/mol. The van der Waals surface area contributed by atoms with Crippen molar-refractivity contribution in [2.24, 2.45) is 10.4 Å². The molecule has 1 heterocycles. The third-order valence-electron chi connectivity index (χ3n) is 5.65. The van der Waals surface area contributed by atoms with Crippen LogP contribution in [0, 0.1) is 11.2 Å². The summed E-state index contributed by atoms with van der Waals surface area (Å²) in [6.07, 6.45) is 6.72. The fourth-order valence-electron chi connectivity index (χ4n) is 4.15. The molecule has 1 amide bonds. The van der Waals surface area contributed by atoms with Gasteiger partial charge in [-0.25, -0.2) is 4.39 Å². The second kappa shape index (κ2) is 8.63. The van der Waals surface area contributed by atoms with Gasteiger partial charge in [0.05, 0.1) is 5.41 Å². The fraction of sp³-hybridized carbons (Fsp3) is 0.524. The molecule has 0 aliphatic heterocycles. The Kier molecular flexibility index (Phi) is 6.21. The second-order valence-electron chi connectivity index (χ2n) is 7.79. The Balaban J connectivity index is 1.55. The van der Waals surface area contributed by atoms with Crippen molar-refractivity contribution in [2.45, 2.75) is 32.1 Å². The van der Waals surface area contributed by atoms with E-state index in [0.29, 0.717) is 19.0 Å². The molecule has 1 aromatic heterocycles. The number of aromatic nitrogens is 1. The van der Waals surface area contributed by atoms with Crippen LogP contribution in [0.1, 0.15) is 31.2 Å². The molecule has 1 aliphatic carbocycles. The van der Waals surface area contributed by atoms with Crippen LogP contribution in [0.15, 0.2) is 29.4 Å². The van der Waals surface area contributed by atoms with E-state index in [4.69, 9.17) is 0 Å². The SMILES string of the molecule is CN=C(NCCc1c[nH]c2cc(F)ccc12)NCC1(C(=O)N(C)C)CCCC1. The number of aromatic amines is 1. The van der Waals surface area contributed by atoms with Crippen LogP contribution in [-0.2, 0) is 11.2 Å². The minimum atomic E-state index is -0.331. The van der Waals surface area contributed by atoms with Crippen LogP contribution in [0.4, 0.5) is 4.39 Å². The van der Waals surface area contributed by atoms with E-state index >= 15 is 0 Å². The van der Waals surface area contributed by atoms with E-state index in [-0.39, 0.29) is 17.1 Å². The Morgan fingerprint density at radius 3 is 2.71 bits per heavy atom. The second-order valence-corrected chi connectivity index (χ2v) is 7.79. The molecule has 2 aromatic rings. The number of carbonyl (C=O) groups is 1. The molecule has 3 rings (SSSR count). The van der Waals surface area contributed by atoms with Crippen LogP contribution in [0.2, 0.25) is 0 Å². The highest BCUT2D eigenvalue weighted by atomic mass is 19.1. The number of rotatable bonds is 6. The van der Waals surface area contributed by atoms with Crippen LogP contribution in [0.3, 0.4) is 0 Å². The highest BCUT2D eigenvalue weighted by Crippen LogP contribution is 2.38. The largest absolute Gasteiger partial charge is 0.361 e. The number of halogens is 1. The lowest BCUT2D eigenvalue weighted by Crippen LogP contribution is -2.49. The Labute approximate surface area is 165 Å². The molecular formula is C21H30FN5O. The first-order valence-corrected chi connectivity index (χ1v) is 9.87. The number of guanidine groups is 1. The molecule has 0 spiro atoms.